The molecule has 0 saturated heterocycles. The number of benzene rings is 2. The van der Waals surface area contributed by atoms with E-state index < -0.39 is 23.1 Å². The monoisotopic (exact) mass is 382 g/mol. The molecule has 0 aliphatic rings. The molecule has 28 heavy (non-hydrogen) atoms. The molecule has 0 N–H and O–H groups in total. The Morgan fingerprint density at radius 2 is 1.29 bits per heavy atom. The number of hydrogen-bond donors (Lipinski definition) is 0. The Balaban J connectivity index is 2.41. The summed E-state index contributed by atoms with van der Waals surface area (Å²) in [6.45, 7) is 10.8. The molecule has 0 unspecified atom stereocenters. The number of aryl methyl sites for hydroxylation is 2. The van der Waals surface area contributed by atoms with E-state index in [1.54, 1.807) is 32.9 Å². The van der Waals surface area contributed by atoms with Gasteiger partial charge in [-0.05, 0) is 71.6 Å². The lowest BCUT2D eigenvalue weighted by molar-refractivity contribution is 0.00176. The Morgan fingerprint density at radius 3 is 1.86 bits per heavy atom. The van der Waals surface area contributed by atoms with Crippen LogP contribution in [0.1, 0.15) is 73.4 Å². The third kappa shape index (κ3) is 6.52. The van der Waals surface area contributed by atoms with Crippen LogP contribution in [0.2, 0.25) is 0 Å². The van der Waals surface area contributed by atoms with Gasteiger partial charge in [0, 0.05) is 0 Å². The van der Waals surface area contributed by atoms with Crippen molar-refractivity contribution in [3.63, 3.8) is 0 Å². The van der Waals surface area contributed by atoms with Crippen LogP contribution in [0.15, 0.2) is 48.5 Å². The summed E-state index contributed by atoms with van der Waals surface area (Å²) in [4.78, 5) is 25.7. The zero-order valence-corrected chi connectivity index (χ0v) is 17.7. The average Bonchev–Trinajstić information content (AvgIpc) is 2.57. The Kier molecular flexibility index (Phi) is 6.65. The quantitative estimate of drug-likeness (QED) is 0.651. The number of carbonyl (C=O) groups is 2. The summed E-state index contributed by atoms with van der Waals surface area (Å²) in [6, 6.07) is 15.3. The van der Waals surface area contributed by atoms with Crippen molar-refractivity contribution in [3.8, 4) is 0 Å². The van der Waals surface area contributed by atoms with E-state index in [1.807, 2.05) is 57.2 Å². The molecule has 4 nitrogen and oxygen atoms in total. The molecule has 2 aromatic rings. The smallest absolute Gasteiger partial charge is 0.339 e. The lowest BCUT2D eigenvalue weighted by Gasteiger charge is -2.23. The van der Waals surface area contributed by atoms with Gasteiger partial charge in [0.15, 0.2) is 0 Å². The molecule has 0 atom stereocenters. The molecule has 0 fully saturated rings. The van der Waals surface area contributed by atoms with Crippen molar-refractivity contribution in [3.05, 3.63) is 70.8 Å². The van der Waals surface area contributed by atoms with Gasteiger partial charge in [-0.2, -0.15) is 0 Å². The molecule has 0 saturated carbocycles. The summed E-state index contributed by atoms with van der Waals surface area (Å²) in [5.74, 6) is -1.02. The maximum Gasteiger partial charge on any atom is 0.339 e. The molecule has 4 heteroatoms. The van der Waals surface area contributed by atoms with E-state index in [-0.39, 0.29) is 5.56 Å². The molecular weight excluding hydrogens is 352 g/mol. The van der Waals surface area contributed by atoms with E-state index in [0.29, 0.717) is 12.0 Å². The second kappa shape index (κ2) is 8.59. The van der Waals surface area contributed by atoms with Gasteiger partial charge in [0.05, 0.1) is 11.1 Å². The number of rotatable bonds is 5. The molecule has 0 amide bonds. The van der Waals surface area contributed by atoms with Crippen molar-refractivity contribution >= 4 is 11.9 Å². The van der Waals surface area contributed by atoms with Crippen molar-refractivity contribution in [2.24, 2.45) is 0 Å². The molecule has 0 aliphatic carbocycles. The second-order valence-corrected chi connectivity index (χ2v) is 8.83. The number of carbonyl (C=O) groups excluding carboxylic acids is 2. The van der Waals surface area contributed by atoms with Crippen LogP contribution in [0.5, 0.6) is 0 Å². The van der Waals surface area contributed by atoms with Crippen molar-refractivity contribution in [2.45, 2.75) is 65.6 Å². The highest BCUT2D eigenvalue weighted by Gasteiger charge is 2.28. The normalized spacial score (nSPS) is 11.8. The number of esters is 2. The van der Waals surface area contributed by atoms with Crippen LogP contribution in [-0.2, 0) is 22.3 Å². The highest BCUT2D eigenvalue weighted by molar-refractivity contribution is 6.04. The lowest BCUT2D eigenvalue weighted by atomic mass is 9.95. The Labute approximate surface area is 167 Å². The third-order valence-electron chi connectivity index (χ3n) is 3.90. The molecule has 2 rings (SSSR count). The van der Waals surface area contributed by atoms with Crippen LogP contribution < -0.4 is 0 Å². The minimum absolute atomic E-state index is 0.245. The van der Waals surface area contributed by atoms with Crippen LogP contribution in [0, 0.1) is 0 Å². The van der Waals surface area contributed by atoms with Gasteiger partial charge in [0.2, 0.25) is 0 Å². The molecule has 0 radical (unpaired) electrons. The second-order valence-electron chi connectivity index (χ2n) is 8.83. The van der Waals surface area contributed by atoms with Crippen LogP contribution in [0.3, 0.4) is 0 Å². The predicted octanol–water partition coefficient (Wildman–Crippen LogP) is 5.38. The molecule has 2 aromatic carbocycles. The van der Waals surface area contributed by atoms with Gasteiger partial charge in [-0.1, -0.05) is 42.5 Å². The molecule has 0 aromatic heterocycles. The number of hydrogen-bond acceptors (Lipinski definition) is 4. The first-order valence-electron chi connectivity index (χ1n) is 9.59. The average molecular weight is 383 g/mol. The van der Waals surface area contributed by atoms with Gasteiger partial charge in [-0.25, -0.2) is 9.59 Å². The minimum Gasteiger partial charge on any atom is -0.456 e. The van der Waals surface area contributed by atoms with E-state index in [9.17, 15) is 9.59 Å². The maximum atomic E-state index is 13.0. The topological polar surface area (TPSA) is 52.6 Å². The predicted molar refractivity (Wildman–Crippen MR) is 111 cm³/mol. The van der Waals surface area contributed by atoms with E-state index in [2.05, 4.69) is 0 Å². The van der Waals surface area contributed by atoms with E-state index in [4.69, 9.17) is 9.47 Å². The van der Waals surface area contributed by atoms with Gasteiger partial charge < -0.3 is 9.47 Å². The van der Waals surface area contributed by atoms with Gasteiger partial charge in [0.25, 0.3) is 0 Å². The molecule has 0 aliphatic heterocycles. The largest absolute Gasteiger partial charge is 0.456 e. The summed E-state index contributed by atoms with van der Waals surface area (Å²) in [5, 5.41) is 0. The van der Waals surface area contributed by atoms with E-state index in [0.717, 1.165) is 12.0 Å². The van der Waals surface area contributed by atoms with Gasteiger partial charge in [0.1, 0.15) is 11.2 Å². The fraction of sp³-hybridized carbons (Fsp3) is 0.417. The first kappa shape index (κ1) is 21.7. The Hall–Kier alpha value is -2.62. The van der Waals surface area contributed by atoms with Gasteiger partial charge in [-0.3, -0.25) is 0 Å². The fourth-order valence-corrected chi connectivity index (χ4v) is 2.81. The zero-order chi connectivity index (χ0) is 20.9. The van der Waals surface area contributed by atoms with Crippen LogP contribution in [0.25, 0.3) is 0 Å². The van der Waals surface area contributed by atoms with Crippen molar-refractivity contribution in [1.29, 1.82) is 0 Å². The zero-order valence-electron chi connectivity index (χ0n) is 17.7. The summed E-state index contributed by atoms with van der Waals surface area (Å²) < 4.78 is 11.1. The lowest BCUT2D eigenvalue weighted by Crippen LogP contribution is -2.28. The van der Waals surface area contributed by atoms with Crippen LogP contribution in [0.4, 0.5) is 0 Å². The summed E-state index contributed by atoms with van der Waals surface area (Å²) >= 11 is 0. The molecule has 0 heterocycles. The third-order valence-corrected chi connectivity index (χ3v) is 3.90. The van der Waals surface area contributed by atoms with Gasteiger partial charge in [-0.15, -0.1) is 0 Å². The Morgan fingerprint density at radius 1 is 0.714 bits per heavy atom. The van der Waals surface area contributed by atoms with E-state index >= 15 is 0 Å². The standard InChI is InChI=1S/C24H30O4/c1-23(2,3)27-21(25)19-14-10-13-18(16-15-17-11-8-7-9-12-17)20(19)22(26)28-24(4,5)6/h7-14H,15-16H2,1-6H3. The molecular formula is C24H30O4. The van der Waals surface area contributed by atoms with Gasteiger partial charge >= 0.3 is 11.9 Å². The van der Waals surface area contributed by atoms with Crippen LogP contribution >= 0.6 is 0 Å². The van der Waals surface area contributed by atoms with Crippen molar-refractivity contribution in [1.82, 2.24) is 0 Å². The summed E-state index contributed by atoms with van der Waals surface area (Å²) in [5.41, 5.74) is 1.18. The summed E-state index contributed by atoms with van der Waals surface area (Å²) in [6.07, 6.45) is 1.38. The first-order valence-corrected chi connectivity index (χ1v) is 9.59. The maximum absolute atomic E-state index is 13.0. The first-order chi connectivity index (χ1) is 13.0. The summed E-state index contributed by atoms with van der Waals surface area (Å²) in [7, 11) is 0. The minimum atomic E-state index is -0.658. The molecule has 150 valence electrons. The van der Waals surface area contributed by atoms with Crippen molar-refractivity contribution in [2.75, 3.05) is 0 Å². The molecule has 0 spiro atoms. The Bertz CT molecular complexity index is 824. The SMILES string of the molecule is CC(C)(C)OC(=O)c1cccc(CCc2ccccc2)c1C(=O)OC(C)(C)C. The van der Waals surface area contributed by atoms with E-state index in [1.165, 1.54) is 5.56 Å². The number of ether oxygens (including phenoxy) is 2. The molecule has 0 bridgehead atoms. The van der Waals surface area contributed by atoms with Crippen molar-refractivity contribution < 1.29 is 19.1 Å². The van der Waals surface area contributed by atoms with Crippen LogP contribution in [-0.4, -0.2) is 23.1 Å². The highest BCUT2D eigenvalue weighted by Crippen LogP contribution is 2.24. The fourth-order valence-electron chi connectivity index (χ4n) is 2.81. The highest BCUT2D eigenvalue weighted by atomic mass is 16.6.